The van der Waals surface area contributed by atoms with Crippen LogP contribution in [-0.2, 0) is 9.53 Å². The molecule has 19 heavy (non-hydrogen) atoms. The third kappa shape index (κ3) is 12.2. The lowest BCUT2D eigenvalue weighted by atomic mass is 10.1. The molecule has 0 saturated carbocycles. The van der Waals surface area contributed by atoms with Gasteiger partial charge in [0.25, 0.3) is 0 Å². The van der Waals surface area contributed by atoms with Gasteiger partial charge in [0.15, 0.2) is 0 Å². The van der Waals surface area contributed by atoms with Gasteiger partial charge in [-0.05, 0) is 25.8 Å². The highest BCUT2D eigenvalue weighted by atomic mass is 16.5. The smallest absolute Gasteiger partial charge is 0.322 e. The highest BCUT2D eigenvalue weighted by Crippen LogP contribution is 2.09. The molecule has 0 heterocycles. The van der Waals surface area contributed by atoms with E-state index in [0.29, 0.717) is 6.61 Å². The van der Waals surface area contributed by atoms with Crippen LogP contribution in [-0.4, -0.2) is 25.2 Å². The molecule has 4 N–H and O–H groups in total. The number of ether oxygens (including phenoxy) is 1. The van der Waals surface area contributed by atoms with Crippen molar-refractivity contribution in [2.45, 2.75) is 77.2 Å². The molecular formula is C15H32N2O2. The summed E-state index contributed by atoms with van der Waals surface area (Å²) in [5.74, 6) is -0.239. The van der Waals surface area contributed by atoms with Gasteiger partial charge in [0.1, 0.15) is 6.04 Å². The summed E-state index contributed by atoms with van der Waals surface area (Å²) in [6.07, 6.45) is 11.0. The average Bonchev–Trinajstić information content (AvgIpc) is 2.41. The van der Waals surface area contributed by atoms with Gasteiger partial charge in [-0.3, -0.25) is 4.79 Å². The second-order valence-corrected chi connectivity index (χ2v) is 5.18. The highest BCUT2D eigenvalue weighted by molar-refractivity contribution is 5.75. The zero-order chi connectivity index (χ0) is 14.3. The Morgan fingerprint density at radius 2 is 1.58 bits per heavy atom. The van der Waals surface area contributed by atoms with Gasteiger partial charge in [-0.1, -0.05) is 51.9 Å². The number of hydrogen-bond acceptors (Lipinski definition) is 4. The Kier molecular flexibility index (Phi) is 13.4. The molecule has 1 atom stereocenters. The molecule has 0 radical (unpaired) electrons. The van der Waals surface area contributed by atoms with Gasteiger partial charge in [0.2, 0.25) is 0 Å². The zero-order valence-electron chi connectivity index (χ0n) is 12.5. The predicted molar refractivity (Wildman–Crippen MR) is 79.8 cm³/mol. The fraction of sp³-hybridized carbons (Fsp3) is 0.933. The second kappa shape index (κ2) is 13.8. The topological polar surface area (TPSA) is 78.3 Å². The quantitative estimate of drug-likeness (QED) is 0.399. The van der Waals surface area contributed by atoms with E-state index in [-0.39, 0.29) is 5.97 Å². The summed E-state index contributed by atoms with van der Waals surface area (Å²) in [7, 11) is 0. The molecule has 0 saturated heterocycles. The number of carbonyl (C=O) groups excluding carboxylic acids is 1. The monoisotopic (exact) mass is 272 g/mol. The molecule has 1 unspecified atom stereocenters. The van der Waals surface area contributed by atoms with Gasteiger partial charge >= 0.3 is 5.97 Å². The van der Waals surface area contributed by atoms with E-state index in [4.69, 9.17) is 16.2 Å². The van der Waals surface area contributed by atoms with Gasteiger partial charge in [0.05, 0.1) is 6.61 Å². The Hall–Kier alpha value is -0.610. The lowest BCUT2D eigenvalue weighted by Crippen LogP contribution is -2.32. The first-order chi connectivity index (χ1) is 9.22. The Morgan fingerprint density at radius 1 is 1.00 bits per heavy atom. The van der Waals surface area contributed by atoms with Gasteiger partial charge in [-0.25, -0.2) is 0 Å². The van der Waals surface area contributed by atoms with Crippen LogP contribution in [0.25, 0.3) is 0 Å². The predicted octanol–water partition coefficient (Wildman–Crippen LogP) is 2.74. The second-order valence-electron chi connectivity index (χ2n) is 5.18. The molecule has 4 nitrogen and oxygen atoms in total. The molecule has 0 amide bonds. The summed E-state index contributed by atoms with van der Waals surface area (Å²) in [4.78, 5) is 11.5. The van der Waals surface area contributed by atoms with Crippen LogP contribution in [0.4, 0.5) is 0 Å². The minimum absolute atomic E-state index is 0.239. The first kappa shape index (κ1) is 18.4. The number of esters is 1. The van der Waals surface area contributed by atoms with Crippen molar-refractivity contribution in [3.63, 3.8) is 0 Å². The van der Waals surface area contributed by atoms with E-state index in [0.717, 1.165) is 45.1 Å². The minimum Gasteiger partial charge on any atom is -0.465 e. The first-order valence-electron chi connectivity index (χ1n) is 7.84. The number of hydrogen-bond donors (Lipinski definition) is 2. The summed E-state index contributed by atoms with van der Waals surface area (Å²) in [6, 6.07) is -0.436. The summed E-state index contributed by atoms with van der Waals surface area (Å²) in [5, 5.41) is 0. The van der Waals surface area contributed by atoms with Crippen molar-refractivity contribution in [2.24, 2.45) is 11.5 Å². The molecule has 0 aromatic heterocycles. The standard InChI is InChI=1S/C15H32N2O2/c1-2-3-13-19-15(18)14(17)11-9-7-5-4-6-8-10-12-16/h14H,2-13,16-17H2,1H3. The lowest BCUT2D eigenvalue weighted by Gasteiger charge is -2.11. The fourth-order valence-electron chi connectivity index (χ4n) is 1.93. The van der Waals surface area contributed by atoms with Crippen molar-refractivity contribution in [3.8, 4) is 0 Å². The van der Waals surface area contributed by atoms with Crippen LogP contribution in [0.3, 0.4) is 0 Å². The molecule has 0 aromatic carbocycles. The number of nitrogens with two attached hydrogens (primary N) is 2. The van der Waals surface area contributed by atoms with Crippen molar-refractivity contribution >= 4 is 5.97 Å². The molecule has 0 spiro atoms. The third-order valence-electron chi connectivity index (χ3n) is 3.26. The van der Waals surface area contributed by atoms with E-state index in [1.165, 1.54) is 25.7 Å². The molecular weight excluding hydrogens is 240 g/mol. The van der Waals surface area contributed by atoms with Crippen LogP contribution in [0.5, 0.6) is 0 Å². The summed E-state index contributed by atoms with van der Waals surface area (Å²) >= 11 is 0. The summed E-state index contributed by atoms with van der Waals surface area (Å²) < 4.78 is 5.09. The van der Waals surface area contributed by atoms with Crippen LogP contribution >= 0.6 is 0 Å². The van der Waals surface area contributed by atoms with Gasteiger partial charge in [-0.2, -0.15) is 0 Å². The van der Waals surface area contributed by atoms with Gasteiger partial charge < -0.3 is 16.2 Å². The van der Waals surface area contributed by atoms with E-state index < -0.39 is 6.04 Å². The minimum atomic E-state index is -0.436. The molecule has 0 aliphatic carbocycles. The Bertz CT molecular complexity index is 210. The van der Waals surface area contributed by atoms with E-state index in [1.807, 2.05) is 0 Å². The Labute approximate surface area is 118 Å². The largest absolute Gasteiger partial charge is 0.465 e. The maximum absolute atomic E-state index is 11.5. The highest BCUT2D eigenvalue weighted by Gasteiger charge is 2.13. The lowest BCUT2D eigenvalue weighted by molar-refractivity contribution is -0.145. The van der Waals surface area contributed by atoms with Crippen molar-refractivity contribution in [3.05, 3.63) is 0 Å². The van der Waals surface area contributed by atoms with Crippen LogP contribution in [0, 0.1) is 0 Å². The maximum Gasteiger partial charge on any atom is 0.322 e. The van der Waals surface area contributed by atoms with Crippen LogP contribution < -0.4 is 11.5 Å². The molecule has 0 aliphatic heterocycles. The Balaban J connectivity index is 3.32. The molecule has 0 aliphatic rings. The van der Waals surface area contributed by atoms with Gasteiger partial charge in [0, 0.05) is 0 Å². The maximum atomic E-state index is 11.5. The molecule has 4 heteroatoms. The summed E-state index contributed by atoms with van der Waals surface area (Å²) in [5.41, 5.74) is 11.2. The van der Waals surface area contributed by atoms with Crippen LogP contribution in [0.15, 0.2) is 0 Å². The van der Waals surface area contributed by atoms with Crippen molar-refractivity contribution in [1.82, 2.24) is 0 Å². The Morgan fingerprint density at radius 3 is 2.16 bits per heavy atom. The summed E-state index contributed by atoms with van der Waals surface area (Å²) in [6.45, 7) is 3.38. The van der Waals surface area contributed by atoms with Crippen molar-refractivity contribution in [1.29, 1.82) is 0 Å². The van der Waals surface area contributed by atoms with Gasteiger partial charge in [-0.15, -0.1) is 0 Å². The number of unbranched alkanes of at least 4 members (excludes halogenated alkanes) is 7. The number of carbonyl (C=O) groups is 1. The van der Waals surface area contributed by atoms with E-state index >= 15 is 0 Å². The normalized spacial score (nSPS) is 12.4. The molecule has 0 aromatic rings. The van der Waals surface area contributed by atoms with E-state index in [2.05, 4.69) is 6.92 Å². The van der Waals surface area contributed by atoms with E-state index in [1.54, 1.807) is 0 Å². The average molecular weight is 272 g/mol. The zero-order valence-corrected chi connectivity index (χ0v) is 12.5. The fourth-order valence-corrected chi connectivity index (χ4v) is 1.93. The van der Waals surface area contributed by atoms with Crippen molar-refractivity contribution < 1.29 is 9.53 Å². The molecule has 0 rings (SSSR count). The van der Waals surface area contributed by atoms with Crippen LogP contribution in [0.1, 0.15) is 71.1 Å². The first-order valence-corrected chi connectivity index (χ1v) is 7.84. The molecule has 0 bridgehead atoms. The SMILES string of the molecule is CCCCOC(=O)C(N)CCCCCCCCCN. The number of rotatable bonds is 13. The molecule has 114 valence electrons. The van der Waals surface area contributed by atoms with Crippen LogP contribution in [0.2, 0.25) is 0 Å². The van der Waals surface area contributed by atoms with E-state index in [9.17, 15) is 4.79 Å². The van der Waals surface area contributed by atoms with Crippen molar-refractivity contribution in [2.75, 3.05) is 13.2 Å². The third-order valence-corrected chi connectivity index (χ3v) is 3.26. The molecule has 0 fully saturated rings.